The third-order valence-electron chi connectivity index (χ3n) is 3.40. The van der Waals surface area contributed by atoms with Crippen LogP contribution in [0.3, 0.4) is 0 Å². The number of methoxy groups -OCH3 is 1. The second-order valence-electron chi connectivity index (χ2n) is 4.91. The topological polar surface area (TPSA) is 90.6 Å². The number of amides is 1. The second kappa shape index (κ2) is 6.42. The van der Waals surface area contributed by atoms with Gasteiger partial charge in [-0.25, -0.2) is 0 Å². The SMILES string of the molecule is COc1cncc(O[C@H]2CCCN(C(=O)c3ccno3)C2)n1. The van der Waals surface area contributed by atoms with Crippen LogP contribution >= 0.6 is 0 Å². The van der Waals surface area contributed by atoms with Crippen LogP contribution in [0.1, 0.15) is 23.4 Å². The highest BCUT2D eigenvalue weighted by Gasteiger charge is 2.27. The van der Waals surface area contributed by atoms with E-state index in [4.69, 9.17) is 14.0 Å². The number of rotatable bonds is 4. The van der Waals surface area contributed by atoms with E-state index < -0.39 is 0 Å². The van der Waals surface area contributed by atoms with E-state index in [0.29, 0.717) is 24.8 Å². The molecule has 8 heteroatoms. The number of piperidine rings is 1. The highest BCUT2D eigenvalue weighted by Crippen LogP contribution is 2.19. The first-order valence-corrected chi connectivity index (χ1v) is 6.99. The Balaban J connectivity index is 1.64. The van der Waals surface area contributed by atoms with Crippen molar-refractivity contribution in [2.45, 2.75) is 18.9 Å². The summed E-state index contributed by atoms with van der Waals surface area (Å²) in [5, 5.41) is 3.56. The minimum absolute atomic E-state index is 0.137. The van der Waals surface area contributed by atoms with E-state index >= 15 is 0 Å². The number of ether oxygens (including phenoxy) is 2. The van der Waals surface area contributed by atoms with E-state index in [1.165, 1.54) is 25.7 Å². The van der Waals surface area contributed by atoms with Crippen LogP contribution in [0.4, 0.5) is 0 Å². The lowest BCUT2D eigenvalue weighted by Crippen LogP contribution is -2.44. The Morgan fingerprint density at radius 2 is 2.27 bits per heavy atom. The molecule has 8 nitrogen and oxygen atoms in total. The molecule has 1 atom stereocenters. The summed E-state index contributed by atoms with van der Waals surface area (Å²) in [7, 11) is 1.52. The van der Waals surface area contributed by atoms with E-state index in [1.54, 1.807) is 11.0 Å². The fourth-order valence-electron chi connectivity index (χ4n) is 2.36. The standard InChI is InChI=1S/C14H16N4O4/c1-20-12-7-15-8-13(17-12)21-10-3-2-6-18(9-10)14(19)11-4-5-16-22-11/h4-5,7-8,10H,2-3,6,9H2,1H3/t10-/m0/s1. The average molecular weight is 304 g/mol. The second-order valence-corrected chi connectivity index (χ2v) is 4.91. The number of carbonyl (C=O) groups is 1. The quantitative estimate of drug-likeness (QED) is 0.837. The summed E-state index contributed by atoms with van der Waals surface area (Å²) in [4.78, 5) is 22.1. The average Bonchev–Trinajstić information content (AvgIpc) is 3.09. The number of hydrogen-bond donors (Lipinski definition) is 0. The number of carbonyl (C=O) groups excluding carboxylic acids is 1. The number of hydrogen-bond acceptors (Lipinski definition) is 7. The molecule has 116 valence electrons. The van der Waals surface area contributed by atoms with Gasteiger partial charge in [-0.05, 0) is 12.8 Å². The van der Waals surface area contributed by atoms with Gasteiger partial charge in [-0.2, -0.15) is 4.98 Å². The maximum absolute atomic E-state index is 12.2. The molecule has 1 saturated heterocycles. The van der Waals surface area contributed by atoms with Crippen molar-refractivity contribution in [2.75, 3.05) is 20.2 Å². The van der Waals surface area contributed by atoms with Crippen LogP contribution in [0.2, 0.25) is 0 Å². The molecular weight excluding hydrogens is 288 g/mol. The summed E-state index contributed by atoms with van der Waals surface area (Å²) in [5.74, 6) is 0.838. The monoisotopic (exact) mass is 304 g/mol. The first kappa shape index (κ1) is 14.3. The molecule has 3 heterocycles. The Morgan fingerprint density at radius 3 is 3.05 bits per heavy atom. The zero-order valence-electron chi connectivity index (χ0n) is 12.1. The van der Waals surface area contributed by atoms with Gasteiger partial charge in [-0.15, -0.1) is 0 Å². The van der Waals surface area contributed by atoms with Gasteiger partial charge in [0.2, 0.25) is 17.5 Å². The molecule has 0 spiro atoms. The van der Waals surface area contributed by atoms with Gasteiger partial charge in [0.1, 0.15) is 6.10 Å². The van der Waals surface area contributed by atoms with E-state index in [-0.39, 0.29) is 17.8 Å². The van der Waals surface area contributed by atoms with Gasteiger partial charge in [-0.3, -0.25) is 9.78 Å². The minimum atomic E-state index is -0.178. The largest absolute Gasteiger partial charge is 0.480 e. The van der Waals surface area contributed by atoms with Crippen LogP contribution in [0, 0.1) is 0 Å². The lowest BCUT2D eigenvalue weighted by molar-refractivity contribution is 0.0490. The third-order valence-corrected chi connectivity index (χ3v) is 3.40. The van der Waals surface area contributed by atoms with E-state index in [9.17, 15) is 4.79 Å². The summed E-state index contributed by atoms with van der Waals surface area (Å²) in [5.41, 5.74) is 0. The Kier molecular flexibility index (Phi) is 4.17. The molecular formula is C14H16N4O4. The Hall–Kier alpha value is -2.64. The normalized spacial score (nSPS) is 18.0. The van der Waals surface area contributed by atoms with Gasteiger partial charge in [0.15, 0.2) is 0 Å². The molecule has 0 unspecified atom stereocenters. The van der Waals surface area contributed by atoms with Crippen molar-refractivity contribution in [3.05, 3.63) is 30.4 Å². The van der Waals surface area contributed by atoms with Crippen molar-refractivity contribution in [1.29, 1.82) is 0 Å². The molecule has 0 aromatic carbocycles. The van der Waals surface area contributed by atoms with Gasteiger partial charge in [0, 0.05) is 12.6 Å². The van der Waals surface area contributed by atoms with E-state index in [0.717, 1.165) is 12.8 Å². The highest BCUT2D eigenvalue weighted by molar-refractivity contribution is 5.91. The van der Waals surface area contributed by atoms with Crippen molar-refractivity contribution >= 4 is 5.91 Å². The van der Waals surface area contributed by atoms with Crippen molar-refractivity contribution in [3.8, 4) is 11.8 Å². The summed E-state index contributed by atoms with van der Waals surface area (Å²) in [6.07, 6.45) is 6.05. The fourth-order valence-corrected chi connectivity index (χ4v) is 2.36. The van der Waals surface area contributed by atoms with Crippen LogP contribution in [-0.4, -0.2) is 52.2 Å². The van der Waals surface area contributed by atoms with Crippen LogP contribution in [-0.2, 0) is 0 Å². The van der Waals surface area contributed by atoms with Crippen LogP contribution in [0.15, 0.2) is 29.2 Å². The van der Waals surface area contributed by atoms with Crippen molar-refractivity contribution < 1.29 is 18.8 Å². The summed E-state index contributed by atoms with van der Waals surface area (Å²) >= 11 is 0. The molecule has 2 aromatic rings. The third kappa shape index (κ3) is 3.16. The maximum atomic E-state index is 12.2. The van der Waals surface area contributed by atoms with Crippen molar-refractivity contribution in [3.63, 3.8) is 0 Å². The maximum Gasteiger partial charge on any atom is 0.292 e. The number of aromatic nitrogens is 3. The lowest BCUT2D eigenvalue weighted by Gasteiger charge is -2.31. The van der Waals surface area contributed by atoms with Crippen molar-refractivity contribution in [2.24, 2.45) is 0 Å². The molecule has 0 saturated carbocycles. The van der Waals surface area contributed by atoms with E-state index in [2.05, 4.69) is 15.1 Å². The molecule has 0 bridgehead atoms. The number of likely N-dealkylation sites (tertiary alicyclic amines) is 1. The minimum Gasteiger partial charge on any atom is -0.480 e. The van der Waals surface area contributed by atoms with Crippen LogP contribution in [0.5, 0.6) is 11.8 Å². The summed E-state index contributed by atoms with van der Waals surface area (Å²) in [6.45, 7) is 1.14. The van der Waals surface area contributed by atoms with Crippen LogP contribution in [0.25, 0.3) is 0 Å². The van der Waals surface area contributed by atoms with Gasteiger partial charge in [0.25, 0.3) is 5.91 Å². The molecule has 3 rings (SSSR count). The lowest BCUT2D eigenvalue weighted by atomic mass is 10.1. The van der Waals surface area contributed by atoms with Crippen molar-refractivity contribution in [1.82, 2.24) is 20.0 Å². The number of nitrogens with zero attached hydrogens (tertiary/aromatic N) is 4. The smallest absolute Gasteiger partial charge is 0.292 e. The first-order valence-electron chi connectivity index (χ1n) is 6.99. The van der Waals surface area contributed by atoms with Gasteiger partial charge in [0.05, 0.1) is 32.2 Å². The summed E-state index contributed by atoms with van der Waals surface area (Å²) in [6, 6.07) is 1.56. The van der Waals surface area contributed by atoms with Gasteiger partial charge < -0.3 is 18.9 Å². The Labute approximate surface area is 127 Å². The van der Waals surface area contributed by atoms with Gasteiger partial charge >= 0.3 is 0 Å². The Bertz CT molecular complexity index is 632. The predicted octanol–water partition coefficient (Wildman–Crippen LogP) is 1.16. The highest BCUT2D eigenvalue weighted by atomic mass is 16.5. The predicted molar refractivity (Wildman–Crippen MR) is 74.6 cm³/mol. The summed E-state index contributed by atoms with van der Waals surface area (Å²) < 4.78 is 15.7. The zero-order valence-corrected chi connectivity index (χ0v) is 12.1. The molecule has 0 radical (unpaired) electrons. The van der Waals surface area contributed by atoms with E-state index in [1.807, 2.05) is 0 Å². The molecule has 2 aromatic heterocycles. The van der Waals surface area contributed by atoms with Gasteiger partial charge in [-0.1, -0.05) is 5.16 Å². The molecule has 22 heavy (non-hydrogen) atoms. The molecule has 1 aliphatic heterocycles. The molecule has 1 aliphatic rings. The molecule has 1 fully saturated rings. The Morgan fingerprint density at radius 1 is 1.41 bits per heavy atom. The molecule has 1 amide bonds. The fraction of sp³-hybridized carbons (Fsp3) is 0.429. The first-order chi connectivity index (χ1) is 10.8. The van der Waals surface area contributed by atoms with Crippen LogP contribution < -0.4 is 9.47 Å². The zero-order chi connectivity index (χ0) is 15.4. The molecule has 0 aliphatic carbocycles. The molecule has 0 N–H and O–H groups in total.